The number of thiol groups is 1. The highest BCUT2D eigenvalue weighted by Crippen LogP contribution is 2.48. The van der Waals surface area contributed by atoms with Gasteiger partial charge in [-0.25, -0.2) is 4.98 Å². The van der Waals surface area contributed by atoms with Crippen molar-refractivity contribution in [3.63, 3.8) is 0 Å². The Morgan fingerprint density at radius 2 is 1.78 bits per heavy atom. The van der Waals surface area contributed by atoms with Gasteiger partial charge in [-0.2, -0.15) is 11.3 Å². The second-order valence-electron chi connectivity index (χ2n) is 8.23. The van der Waals surface area contributed by atoms with Crippen LogP contribution in [0.15, 0.2) is 83.6 Å². The molecular formula is C27H21ClN2O4S2. The van der Waals surface area contributed by atoms with E-state index in [4.69, 9.17) is 26.1 Å². The minimum atomic E-state index is -1.23. The van der Waals surface area contributed by atoms with Gasteiger partial charge < -0.3 is 9.47 Å². The predicted octanol–water partition coefficient (Wildman–Crippen LogP) is 6.27. The lowest BCUT2D eigenvalue weighted by atomic mass is 9.75. The van der Waals surface area contributed by atoms with Gasteiger partial charge in [0.15, 0.2) is 17.3 Å². The fourth-order valence-electron chi connectivity index (χ4n) is 4.48. The summed E-state index contributed by atoms with van der Waals surface area (Å²) in [7, 11) is 1.56. The van der Waals surface area contributed by atoms with Crippen molar-refractivity contribution in [3.05, 3.63) is 105 Å². The van der Waals surface area contributed by atoms with Crippen molar-refractivity contribution in [1.29, 1.82) is 0 Å². The minimum absolute atomic E-state index is 0.0278. The van der Waals surface area contributed by atoms with Crippen molar-refractivity contribution < 1.29 is 19.1 Å². The molecule has 2 atom stereocenters. The summed E-state index contributed by atoms with van der Waals surface area (Å²) in [6, 6.07) is 21.2. The van der Waals surface area contributed by atoms with E-state index < -0.39 is 17.4 Å². The molecule has 5 rings (SSSR count). The molecule has 4 aromatic rings. The highest BCUT2D eigenvalue weighted by atomic mass is 35.5. The zero-order valence-electron chi connectivity index (χ0n) is 19.1. The fraction of sp³-hybridized carbons (Fsp3) is 0.148. The number of ether oxygens (including phenoxy) is 2. The quantitative estimate of drug-likeness (QED) is 0.232. The number of para-hydroxylation sites is 2. The maximum Gasteiger partial charge on any atom is 0.248 e. The molecule has 0 saturated carbocycles. The fourth-order valence-corrected chi connectivity index (χ4v) is 5.85. The number of hydrogen-bond donors (Lipinski definition) is 1. The van der Waals surface area contributed by atoms with Gasteiger partial charge in [0.05, 0.1) is 12.8 Å². The number of ketones is 1. The van der Waals surface area contributed by atoms with E-state index in [-0.39, 0.29) is 12.2 Å². The number of thiophene rings is 1. The van der Waals surface area contributed by atoms with Crippen LogP contribution in [0.5, 0.6) is 17.4 Å². The Labute approximate surface area is 223 Å². The molecule has 3 heterocycles. The largest absolute Gasteiger partial charge is 0.493 e. The molecule has 0 N–H and O–H groups in total. The van der Waals surface area contributed by atoms with Crippen LogP contribution in [0, 0.1) is 0 Å². The van der Waals surface area contributed by atoms with Gasteiger partial charge >= 0.3 is 0 Å². The highest BCUT2D eigenvalue weighted by molar-refractivity contribution is 7.78. The number of amides is 1. The summed E-state index contributed by atoms with van der Waals surface area (Å²) in [5, 5.41) is 4.15. The first-order chi connectivity index (χ1) is 17.5. The Kier molecular flexibility index (Phi) is 6.75. The third-order valence-corrected chi connectivity index (χ3v) is 7.78. The lowest BCUT2D eigenvalue weighted by Gasteiger charge is -2.45. The van der Waals surface area contributed by atoms with Gasteiger partial charge in [0, 0.05) is 17.5 Å². The molecule has 0 bridgehead atoms. The van der Waals surface area contributed by atoms with Gasteiger partial charge in [-0.3, -0.25) is 13.9 Å². The molecule has 36 heavy (non-hydrogen) atoms. The highest BCUT2D eigenvalue weighted by Gasteiger charge is 2.53. The van der Waals surface area contributed by atoms with Gasteiger partial charge in [-0.05, 0) is 52.2 Å². The summed E-state index contributed by atoms with van der Waals surface area (Å²) < 4.78 is 12.7. The Hall–Kier alpha value is -3.33. The summed E-state index contributed by atoms with van der Waals surface area (Å²) in [6.45, 7) is 0. The molecule has 1 amide bonds. The average molecular weight is 537 g/mol. The van der Waals surface area contributed by atoms with Crippen LogP contribution in [0.25, 0.3) is 0 Å². The molecule has 0 radical (unpaired) electrons. The first-order valence-corrected chi connectivity index (χ1v) is 12.8. The Morgan fingerprint density at radius 1 is 1.03 bits per heavy atom. The lowest BCUT2D eigenvalue weighted by molar-refractivity contribution is -0.142. The minimum Gasteiger partial charge on any atom is -0.493 e. The molecular weight excluding hydrogens is 516 g/mol. The molecule has 0 spiro atoms. The van der Waals surface area contributed by atoms with Crippen molar-refractivity contribution in [2.75, 3.05) is 7.11 Å². The van der Waals surface area contributed by atoms with Crippen LogP contribution < -0.4 is 9.47 Å². The van der Waals surface area contributed by atoms with E-state index >= 15 is 0 Å². The van der Waals surface area contributed by atoms with Crippen molar-refractivity contribution in [2.45, 2.75) is 17.9 Å². The number of benzene rings is 2. The normalized spacial score (nSPS) is 19.9. The third kappa shape index (κ3) is 4.15. The van der Waals surface area contributed by atoms with Crippen LogP contribution in [-0.2, 0) is 15.1 Å². The first-order valence-electron chi connectivity index (χ1n) is 11.1. The standard InChI is InChI=1S/C27H21ClN2O4S2/c1-33-21-9-4-5-10-22(21)34-24-12-6-11-23(29-24)27(17-13-14-36-16-17)15-20(31)25(26(32)30(27)35)18-7-2-3-8-19(18)28/h2-14,16,25,35H,15H2,1H3. The number of methoxy groups -OCH3 is 1. The first kappa shape index (κ1) is 24.4. The summed E-state index contributed by atoms with van der Waals surface area (Å²) in [6.07, 6.45) is -0.0278. The summed E-state index contributed by atoms with van der Waals surface area (Å²) in [5.41, 5.74) is 0.439. The molecule has 2 aromatic carbocycles. The van der Waals surface area contributed by atoms with Gasteiger partial charge in [-0.1, -0.05) is 60.8 Å². The second kappa shape index (κ2) is 9.97. The number of pyridine rings is 1. The van der Waals surface area contributed by atoms with Crippen LogP contribution in [0.3, 0.4) is 0 Å². The molecule has 0 aliphatic carbocycles. The van der Waals surface area contributed by atoms with Gasteiger partial charge in [-0.15, -0.1) is 0 Å². The lowest BCUT2D eigenvalue weighted by Crippen LogP contribution is -2.54. The average Bonchev–Trinajstić information content (AvgIpc) is 3.43. The van der Waals surface area contributed by atoms with Crippen LogP contribution in [0.2, 0.25) is 5.02 Å². The predicted molar refractivity (Wildman–Crippen MR) is 142 cm³/mol. The molecule has 6 nitrogen and oxygen atoms in total. The number of nitrogens with zero attached hydrogens (tertiary/aromatic N) is 2. The van der Waals surface area contributed by atoms with E-state index in [0.717, 1.165) is 5.56 Å². The number of piperidine rings is 1. The Morgan fingerprint density at radius 3 is 2.50 bits per heavy atom. The summed E-state index contributed by atoms with van der Waals surface area (Å²) in [5.74, 6) is -0.433. The number of halogens is 1. The maximum atomic E-state index is 13.7. The smallest absolute Gasteiger partial charge is 0.248 e. The summed E-state index contributed by atoms with van der Waals surface area (Å²) >= 11 is 12.5. The topological polar surface area (TPSA) is 68.7 Å². The molecule has 2 aromatic heterocycles. The van der Waals surface area contributed by atoms with E-state index in [2.05, 4.69) is 12.8 Å². The van der Waals surface area contributed by atoms with Crippen molar-refractivity contribution in [1.82, 2.24) is 9.29 Å². The zero-order valence-corrected chi connectivity index (χ0v) is 21.6. The van der Waals surface area contributed by atoms with E-state index in [1.54, 1.807) is 61.7 Å². The van der Waals surface area contributed by atoms with E-state index in [1.807, 2.05) is 29.0 Å². The third-order valence-electron chi connectivity index (χ3n) is 6.22. The van der Waals surface area contributed by atoms with Crippen LogP contribution in [-0.4, -0.2) is 28.1 Å². The van der Waals surface area contributed by atoms with Gasteiger partial charge in [0.25, 0.3) is 0 Å². The van der Waals surface area contributed by atoms with Gasteiger partial charge in [0.2, 0.25) is 11.8 Å². The number of aromatic nitrogens is 1. The number of carbonyl (C=O) groups is 2. The molecule has 1 aliphatic heterocycles. The summed E-state index contributed by atoms with van der Waals surface area (Å²) in [4.78, 5) is 32.1. The maximum absolute atomic E-state index is 13.7. The SMILES string of the molecule is COc1ccccc1Oc1cccc(C2(c3ccsc3)CC(=O)C(c3ccccc3Cl)C(=O)N2S)n1. The van der Waals surface area contributed by atoms with E-state index in [0.29, 0.717) is 33.7 Å². The van der Waals surface area contributed by atoms with Crippen molar-refractivity contribution in [2.24, 2.45) is 0 Å². The van der Waals surface area contributed by atoms with Crippen LogP contribution in [0.1, 0.15) is 29.2 Å². The van der Waals surface area contributed by atoms with Gasteiger partial charge in [0.1, 0.15) is 11.5 Å². The number of hydrogen-bond acceptors (Lipinski definition) is 7. The molecule has 1 aliphatic rings. The van der Waals surface area contributed by atoms with E-state index in [1.165, 1.54) is 15.6 Å². The van der Waals surface area contributed by atoms with Crippen LogP contribution >= 0.6 is 35.8 Å². The molecule has 9 heteroatoms. The van der Waals surface area contributed by atoms with Crippen molar-refractivity contribution >= 4 is 47.4 Å². The van der Waals surface area contributed by atoms with Crippen molar-refractivity contribution in [3.8, 4) is 17.4 Å². The molecule has 1 fully saturated rings. The second-order valence-corrected chi connectivity index (χ2v) is 9.82. The zero-order chi connectivity index (χ0) is 25.3. The molecule has 182 valence electrons. The molecule has 2 unspecified atom stereocenters. The van der Waals surface area contributed by atoms with Crippen LogP contribution in [0.4, 0.5) is 0 Å². The number of carbonyl (C=O) groups excluding carboxylic acids is 2. The Balaban J connectivity index is 1.59. The Bertz CT molecular complexity index is 1430. The molecule has 1 saturated heterocycles. The number of Topliss-reactive ketones (excluding diaryl/α,β-unsaturated/α-hetero) is 1. The number of rotatable bonds is 6. The monoisotopic (exact) mass is 536 g/mol. The van der Waals surface area contributed by atoms with E-state index in [9.17, 15) is 9.59 Å².